The van der Waals surface area contributed by atoms with E-state index >= 15 is 0 Å². The molecular weight excluding hydrogens is 351 g/mol. The van der Waals surface area contributed by atoms with Gasteiger partial charge in [0.15, 0.2) is 5.82 Å². The van der Waals surface area contributed by atoms with Crippen molar-refractivity contribution in [3.63, 3.8) is 0 Å². The van der Waals surface area contributed by atoms with Crippen molar-refractivity contribution in [3.8, 4) is 11.4 Å². The summed E-state index contributed by atoms with van der Waals surface area (Å²) in [5, 5.41) is 0.464. The van der Waals surface area contributed by atoms with Crippen LogP contribution in [-0.2, 0) is 19.5 Å². The summed E-state index contributed by atoms with van der Waals surface area (Å²) < 4.78 is 14.0. The highest BCUT2D eigenvalue weighted by atomic mass is 35.5. The van der Waals surface area contributed by atoms with Crippen LogP contribution in [0.2, 0.25) is 5.02 Å². The molecule has 3 aromatic rings. The normalized spacial score (nSPS) is 14.2. The molecule has 1 aliphatic rings. The highest BCUT2D eigenvalue weighted by Gasteiger charge is 2.20. The van der Waals surface area contributed by atoms with Crippen LogP contribution in [0.15, 0.2) is 48.7 Å². The fraction of sp³-hybridized carbons (Fsp3) is 0.200. The summed E-state index contributed by atoms with van der Waals surface area (Å²) in [5.41, 5.74) is 10.1. The lowest BCUT2D eigenvalue weighted by Crippen LogP contribution is -2.31. The summed E-state index contributed by atoms with van der Waals surface area (Å²) in [6, 6.07) is 12.3. The number of rotatable bonds is 3. The zero-order valence-corrected chi connectivity index (χ0v) is 14.9. The van der Waals surface area contributed by atoms with E-state index in [0.717, 1.165) is 29.8 Å². The first-order valence-corrected chi connectivity index (χ1v) is 8.84. The van der Waals surface area contributed by atoms with Crippen molar-refractivity contribution in [2.45, 2.75) is 19.5 Å². The first-order chi connectivity index (χ1) is 12.6. The summed E-state index contributed by atoms with van der Waals surface area (Å²) in [4.78, 5) is 11.4. The lowest BCUT2D eigenvalue weighted by Gasteiger charge is -2.28. The first-order valence-electron chi connectivity index (χ1n) is 8.46. The van der Waals surface area contributed by atoms with E-state index in [1.807, 2.05) is 30.5 Å². The van der Waals surface area contributed by atoms with Crippen LogP contribution in [0.4, 0.5) is 10.1 Å². The maximum Gasteiger partial charge on any atom is 0.159 e. The molecule has 0 bridgehead atoms. The molecule has 0 spiro atoms. The van der Waals surface area contributed by atoms with Crippen LogP contribution in [0.5, 0.6) is 0 Å². The molecule has 2 aromatic carbocycles. The topological polar surface area (TPSA) is 55.0 Å². The fourth-order valence-electron chi connectivity index (χ4n) is 3.19. The van der Waals surface area contributed by atoms with E-state index in [9.17, 15) is 4.39 Å². The number of nitrogens with zero attached hydrogens (tertiary/aromatic N) is 3. The van der Waals surface area contributed by atoms with Crippen molar-refractivity contribution >= 4 is 17.3 Å². The van der Waals surface area contributed by atoms with Gasteiger partial charge in [-0.25, -0.2) is 14.4 Å². The van der Waals surface area contributed by atoms with Crippen molar-refractivity contribution in [3.05, 3.63) is 76.3 Å². The Morgan fingerprint density at radius 1 is 1.15 bits per heavy atom. The SMILES string of the molecule is Nc1ccc(-c2ncc3c(n2)CCN(Cc2c(F)cccc2Cl)C3)cc1. The minimum absolute atomic E-state index is 0.266. The number of anilines is 1. The predicted molar refractivity (Wildman–Crippen MR) is 101 cm³/mol. The molecule has 2 N–H and O–H groups in total. The van der Waals surface area contributed by atoms with Gasteiger partial charge in [0.25, 0.3) is 0 Å². The largest absolute Gasteiger partial charge is 0.399 e. The second-order valence-electron chi connectivity index (χ2n) is 6.45. The van der Waals surface area contributed by atoms with Crippen LogP contribution < -0.4 is 5.73 Å². The molecule has 0 unspecified atom stereocenters. The molecule has 1 aliphatic heterocycles. The van der Waals surface area contributed by atoms with Gasteiger partial charge in [-0.2, -0.15) is 0 Å². The molecule has 0 fully saturated rings. The Labute approximate surface area is 156 Å². The number of aromatic nitrogens is 2. The van der Waals surface area contributed by atoms with Crippen molar-refractivity contribution < 1.29 is 4.39 Å². The van der Waals surface area contributed by atoms with E-state index in [4.69, 9.17) is 22.3 Å². The van der Waals surface area contributed by atoms with E-state index in [2.05, 4.69) is 9.88 Å². The van der Waals surface area contributed by atoms with E-state index in [1.165, 1.54) is 6.07 Å². The smallest absolute Gasteiger partial charge is 0.159 e. The number of nitrogen functional groups attached to an aromatic ring is 1. The zero-order valence-electron chi connectivity index (χ0n) is 14.1. The summed E-state index contributed by atoms with van der Waals surface area (Å²) in [5.74, 6) is 0.438. The molecule has 0 aliphatic carbocycles. The van der Waals surface area contributed by atoms with Gasteiger partial charge in [-0.1, -0.05) is 17.7 Å². The lowest BCUT2D eigenvalue weighted by atomic mass is 10.1. The Hall–Kier alpha value is -2.50. The quantitative estimate of drug-likeness (QED) is 0.708. The molecular formula is C20H18ClFN4. The van der Waals surface area contributed by atoms with Crippen LogP contribution in [-0.4, -0.2) is 21.4 Å². The molecule has 4 rings (SSSR count). The maximum atomic E-state index is 14.0. The van der Waals surface area contributed by atoms with Gasteiger partial charge in [0.05, 0.1) is 5.69 Å². The van der Waals surface area contributed by atoms with Crippen LogP contribution in [0.3, 0.4) is 0 Å². The van der Waals surface area contributed by atoms with Crippen LogP contribution >= 0.6 is 11.6 Å². The second kappa shape index (κ2) is 7.02. The second-order valence-corrected chi connectivity index (χ2v) is 6.86. The average molecular weight is 369 g/mol. The van der Waals surface area contributed by atoms with Crippen LogP contribution in [0, 0.1) is 5.82 Å². The lowest BCUT2D eigenvalue weighted by molar-refractivity contribution is 0.239. The predicted octanol–water partition coefficient (Wildman–Crippen LogP) is 4.08. The van der Waals surface area contributed by atoms with Gasteiger partial charge in [0.1, 0.15) is 5.82 Å². The summed E-state index contributed by atoms with van der Waals surface area (Å²) in [6.45, 7) is 1.96. The number of halogens is 2. The summed E-state index contributed by atoms with van der Waals surface area (Å²) in [7, 11) is 0. The Balaban J connectivity index is 1.54. The van der Waals surface area contributed by atoms with Crippen molar-refractivity contribution in [2.75, 3.05) is 12.3 Å². The third-order valence-corrected chi connectivity index (χ3v) is 4.98. The Morgan fingerprint density at radius 3 is 2.73 bits per heavy atom. The van der Waals surface area contributed by atoms with Gasteiger partial charge in [-0.05, 0) is 36.4 Å². The monoisotopic (exact) mass is 368 g/mol. The zero-order chi connectivity index (χ0) is 18.1. The standard InChI is InChI=1S/C20H18ClFN4/c21-17-2-1-3-18(22)16(17)12-26-9-8-19-14(11-26)10-24-20(25-19)13-4-6-15(23)7-5-13/h1-7,10H,8-9,11-12,23H2. The molecule has 6 heteroatoms. The number of benzene rings is 2. The van der Waals surface area contributed by atoms with Gasteiger partial charge >= 0.3 is 0 Å². The van der Waals surface area contributed by atoms with E-state index in [-0.39, 0.29) is 5.82 Å². The summed E-state index contributed by atoms with van der Waals surface area (Å²) in [6.07, 6.45) is 2.66. The number of hydrogen-bond donors (Lipinski definition) is 1. The average Bonchev–Trinajstić information content (AvgIpc) is 2.65. The van der Waals surface area contributed by atoms with Crippen molar-refractivity contribution in [2.24, 2.45) is 0 Å². The Kier molecular flexibility index (Phi) is 4.57. The molecule has 2 heterocycles. The highest BCUT2D eigenvalue weighted by molar-refractivity contribution is 6.31. The van der Waals surface area contributed by atoms with Gasteiger partial charge in [0, 0.05) is 59.7 Å². The van der Waals surface area contributed by atoms with Gasteiger partial charge in [0.2, 0.25) is 0 Å². The van der Waals surface area contributed by atoms with Gasteiger partial charge in [-0.3, -0.25) is 4.90 Å². The number of nitrogens with two attached hydrogens (primary N) is 1. The molecule has 4 nitrogen and oxygen atoms in total. The van der Waals surface area contributed by atoms with Crippen LogP contribution in [0.1, 0.15) is 16.8 Å². The van der Waals surface area contributed by atoms with Crippen molar-refractivity contribution in [1.29, 1.82) is 0 Å². The number of hydrogen-bond acceptors (Lipinski definition) is 4. The molecule has 1 aromatic heterocycles. The third kappa shape index (κ3) is 3.41. The number of fused-ring (bicyclic) bond motifs is 1. The summed E-state index contributed by atoms with van der Waals surface area (Å²) >= 11 is 6.15. The molecule has 0 radical (unpaired) electrons. The van der Waals surface area contributed by atoms with E-state index < -0.39 is 0 Å². The minimum Gasteiger partial charge on any atom is -0.399 e. The van der Waals surface area contributed by atoms with E-state index in [1.54, 1.807) is 12.1 Å². The Morgan fingerprint density at radius 2 is 1.96 bits per heavy atom. The molecule has 0 amide bonds. The molecule has 132 valence electrons. The van der Waals surface area contributed by atoms with Gasteiger partial charge in [-0.15, -0.1) is 0 Å². The molecule has 0 saturated carbocycles. The molecule has 0 saturated heterocycles. The van der Waals surface area contributed by atoms with Crippen molar-refractivity contribution in [1.82, 2.24) is 14.9 Å². The van der Waals surface area contributed by atoms with Gasteiger partial charge < -0.3 is 5.73 Å². The minimum atomic E-state index is -0.266. The maximum absolute atomic E-state index is 14.0. The third-order valence-electron chi connectivity index (χ3n) is 4.63. The Bertz CT molecular complexity index is 923. The fourth-order valence-corrected chi connectivity index (χ4v) is 3.41. The molecule has 26 heavy (non-hydrogen) atoms. The van der Waals surface area contributed by atoms with Crippen LogP contribution in [0.25, 0.3) is 11.4 Å². The van der Waals surface area contributed by atoms with E-state index in [0.29, 0.717) is 35.2 Å². The highest BCUT2D eigenvalue weighted by Crippen LogP contribution is 2.25. The first kappa shape index (κ1) is 16.9. The molecule has 0 atom stereocenters.